The zero-order chi connectivity index (χ0) is 19.2. The lowest BCUT2D eigenvalue weighted by Crippen LogP contribution is -2.27. The SMILES string of the molecule is Cc1ccc(C(N)=O)cc1C(=O)NCCc1cccc(-c2ccccc2)c1. The Morgan fingerprint density at radius 1 is 0.889 bits per heavy atom. The summed E-state index contributed by atoms with van der Waals surface area (Å²) in [5, 5.41) is 2.92. The Balaban J connectivity index is 1.64. The van der Waals surface area contributed by atoms with Crippen molar-refractivity contribution in [2.45, 2.75) is 13.3 Å². The van der Waals surface area contributed by atoms with Crippen LogP contribution in [0.5, 0.6) is 0 Å². The molecular weight excluding hydrogens is 336 g/mol. The highest BCUT2D eigenvalue weighted by molar-refractivity contribution is 6.00. The highest BCUT2D eigenvalue weighted by atomic mass is 16.2. The molecule has 0 atom stereocenters. The summed E-state index contributed by atoms with van der Waals surface area (Å²) in [4.78, 5) is 23.8. The third-order valence-electron chi connectivity index (χ3n) is 4.50. The number of nitrogens with two attached hydrogens (primary N) is 1. The van der Waals surface area contributed by atoms with E-state index in [1.54, 1.807) is 18.2 Å². The molecule has 0 spiro atoms. The van der Waals surface area contributed by atoms with E-state index in [4.69, 9.17) is 5.73 Å². The predicted octanol–water partition coefficient (Wildman–Crippen LogP) is 3.73. The number of amides is 2. The highest BCUT2D eigenvalue weighted by Crippen LogP contribution is 2.20. The number of aryl methyl sites for hydroxylation is 1. The number of hydrogen-bond donors (Lipinski definition) is 2. The van der Waals surface area contributed by atoms with Gasteiger partial charge in [0.1, 0.15) is 0 Å². The van der Waals surface area contributed by atoms with Gasteiger partial charge in [-0.3, -0.25) is 9.59 Å². The summed E-state index contributed by atoms with van der Waals surface area (Å²) < 4.78 is 0. The Labute approximate surface area is 159 Å². The minimum absolute atomic E-state index is 0.199. The molecule has 0 bridgehead atoms. The van der Waals surface area contributed by atoms with Crippen molar-refractivity contribution in [1.29, 1.82) is 0 Å². The molecule has 3 aromatic carbocycles. The Hall–Kier alpha value is -3.40. The number of benzene rings is 3. The van der Waals surface area contributed by atoms with Crippen molar-refractivity contribution in [2.24, 2.45) is 5.73 Å². The first-order chi connectivity index (χ1) is 13.0. The van der Waals surface area contributed by atoms with E-state index in [0.29, 0.717) is 17.7 Å². The molecule has 0 aromatic heterocycles. The topological polar surface area (TPSA) is 72.2 Å². The largest absolute Gasteiger partial charge is 0.366 e. The van der Waals surface area contributed by atoms with Crippen LogP contribution in [0, 0.1) is 6.92 Å². The first-order valence-corrected chi connectivity index (χ1v) is 8.87. The molecule has 3 aromatic rings. The van der Waals surface area contributed by atoms with E-state index in [0.717, 1.165) is 23.1 Å². The van der Waals surface area contributed by atoms with Crippen LogP contribution >= 0.6 is 0 Å². The molecule has 0 radical (unpaired) electrons. The summed E-state index contributed by atoms with van der Waals surface area (Å²) in [7, 11) is 0. The molecule has 0 saturated carbocycles. The summed E-state index contributed by atoms with van der Waals surface area (Å²) in [6, 6.07) is 23.4. The molecule has 3 rings (SSSR count). The van der Waals surface area contributed by atoms with Crippen molar-refractivity contribution in [2.75, 3.05) is 6.54 Å². The molecule has 4 nitrogen and oxygen atoms in total. The van der Waals surface area contributed by atoms with Crippen LogP contribution in [-0.2, 0) is 6.42 Å². The van der Waals surface area contributed by atoms with Gasteiger partial charge in [-0.1, -0.05) is 60.7 Å². The molecule has 0 heterocycles. The number of carbonyl (C=O) groups excluding carboxylic acids is 2. The molecule has 0 unspecified atom stereocenters. The van der Waals surface area contributed by atoms with E-state index in [2.05, 4.69) is 35.6 Å². The first kappa shape index (κ1) is 18.4. The Morgan fingerprint density at radius 2 is 1.63 bits per heavy atom. The third kappa shape index (κ3) is 4.61. The number of rotatable bonds is 6. The molecule has 0 saturated heterocycles. The van der Waals surface area contributed by atoms with Gasteiger partial charge < -0.3 is 11.1 Å². The molecule has 0 aliphatic carbocycles. The number of carbonyl (C=O) groups is 2. The Kier molecular flexibility index (Phi) is 5.67. The minimum atomic E-state index is -0.540. The fourth-order valence-corrected chi connectivity index (χ4v) is 2.97. The van der Waals surface area contributed by atoms with Crippen LogP contribution < -0.4 is 11.1 Å². The normalized spacial score (nSPS) is 10.4. The van der Waals surface area contributed by atoms with E-state index < -0.39 is 5.91 Å². The third-order valence-corrected chi connectivity index (χ3v) is 4.50. The maximum Gasteiger partial charge on any atom is 0.251 e. The summed E-state index contributed by atoms with van der Waals surface area (Å²) in [6.07, 6.45) is 0.723. The van der Waals surface area contributed by atoms with Gasteiger partial charge in [-0.2, -0.15) is 0 Å². The second kappa shape index (κ2) is 8.32. The van der Waals surface area contributed by atoms with Gasteiger partial charge in [0.05, 0.1) is 0 Å². The fourth-order valence-electron chi connectivity index (χ4n) is 2.97. The maximum atomic E-state index is 12.5. The molecule has 2 amide bonds. The molecule has 0 aliphatic rings. The van der Waals surface area contributed by atoms with Gasteiger partial charge >= 0.3 is 0 Å². The second-order valence-corrected chi connectivity index (χ2v) is 6.47. The standard InChI is InChI=1S/C23H22N2O2/c1-16-10-11-20(22(24)26)15-21(16)23(27)25-13-12-17-6-5-9-19(14-17)18-7-3-2-4-8-18/h2-11,14-15H,12-13H2,1H3,(H2,24,26)(H,25,27). The molecule has 0 aliphatic heterocycles. The smallest absolute Gasteiger partial charge is 0.251 e. The van der Waals surface area contributed by atoms with Crippen LogP contribution in [0.15, 0.2) is 72.8 Å². The van der Waals surface area contributed by atoms with Gasteiger partial charge in [0.25, 0.3) is 5.91 Å². The van der Waals surface area contributed by atoms with Gasteiger partial charge in [-0.25, -0.2) is 0 Å². The summed E-state index contributed by atoms with van der Waals surface area (Å²) in [5.74, 6) is -0.739. The monoisotopic (exact) mass is 358 g/mol. The molecular formula is C23H22N2O2. The minimum Gasteiger partial charge on any atom is -0.366 e. The van der Waals surface area contributed by atoms with Crippen LogP contribution in [0.3, 0.4) is 0 Å². The predicted molar refractivity (Wildman–Crippen MR) is 108 cm³/mol. The van der Waals surface area contributed by atoms with Gasteiger partial charge in [-0.15, -0.1) is 0 Å². The number of nitrogens with one attached hydrogen (secondary N) is 1. The van der Waals surface area contributed by atoms with E-state index in [1.807, 2.05) is 31.2 Å². The summed E-state index contributed by atoms with van der Waals surface area (Å²) in [6.45, 7) is 2.35. The van der Waals surface area contributed by atoms with Crippen molar-refractivity contribution in [3.8, 4) is 11.1 Å². The summed E-state index contributed by atoms with van der Waals surface area (Å²) >= 11 is 0. The Morgan fingerprint density at radius 3 is 2.37 bits per heavy atom. The first-order valence-electron chi connectivity index (χ1n) is 8.87. The van der Waals surface area contributed by atoms with Crippen LogP contribution in [0.4, 0.5) is 0 Å². The second-order valence-electron chi connectivity index (χ2n) is 6.47. The van der Waals surface area contributed by atoms with Crippen molar-refractivity contribution in [1.82, 2.24) is 5.32 Å². The summed E-state index contributed by atoms with van der Waals surface area (Å²) in [5.41, 5.74) is 10.4. The van der Waals surface area contributed by atoms with Crippen molar-refractivity contribution < 1.29 is 9.59 Å². The average molecular weight is 358 g/mol. The van der Waals surface area contributed by atoms with E-state index >= 15 is 0 Å². The highest BCUT2D eigenvalue weighted by Gasteiger charge is 2.11. The maximum absolute atomic E-state index is 12.5. The van der Waals surface area contributed by atoms with Gasteiger partial charge in [-0.05, 0) is 47.7 Å². The van der Waals surface area contributed by atoms with Crippen LogP contribution in [0.25, 0.3) is 11.1 Å². The number of primary amides is 1. The van der Waals surface area contributed by atoms with Gasteiger partial charge in [0.15, 0.2) is 0 Å². The lowest BCUT2D eigenvalue weighted by atomic mass is 10.0. The van der Waals surface area contributed by atoms with Crippen molar-refractivity contribution in [3.05, 3.63) is 95.1 Å². The zero-order valence-electron chi connectivity index (χ0n) is 15.2. The lowest BCUT2D eigenvalue weighted by molar-refractivity contribution is 0.0953. The number of hydrogen-bond acceptors (Lipinski definition) is 2. The quantitative estimate of drug-likeness (QED) is 0.705. The van der Waals surface area contributed by atoms with Crippen LogP contribution in [0.1, 0.15) is 31.8 Å². The van der Waals surface area contributed by atoms with Crippen molar-refractivity contribution in [3.63, 3.8) is 0 Å². The molecule has 0 fully saturated rings. The molecule has 4 heteroatoms. The van der Waals surface area contributed by atoms with Gasteiger partial charge in [0, 0.05) is 17.7 Å². The van der Waals surface area contributed by atoms with E-state index in [1.165, 1.54) is 5.56 Å². The average Bonchev–Trinajstić information content (AvgIpc) is 2.69. The molecule has 27 heavy (non-hydrogen) atoms. The zero-order valence-corrected chi connectivity index (χ0v) is 15.2. The lowest BCUT2D eigenvalue weighted by Gasteiger charge is -2.10. The Bertz CT molecular complexity index is 965. The molecule has 136 valence electrons. The van der Waals surface area contributed by atoms with Gasteiger partial charge in [0.2, 0.25) is 5.91 Å². The fraction of sp³-hybridized carbons (Fsp3) is 0.130. The molecule has 3 N–H and O–H groups in total. The van der Waals surface area contributed by atoms with E-state index in [-0.39, 0.29) is 5.91 Å². The van der Waals surface area contributed by atoms with Crippen LogP contribution in [-0.4, -0.2) is 18.4 Å². The van der Waals surface area contributed by atoms with E-state index in [9.17, 15) is 9.59 Å². The van der Waals surface area contributed by atoms with Crippen LogP contribution in [0.2, 0.25) is 0 Å². The van der Waals surface area contributed by atoms with Crippen molar-refractivity contribution >= 4 is 11.8 Å².